The summed E-state index contributed by atoms with van der Waals surface area (Å²) in [5.41, 5.74) is 0.283. The number of rotatable bonds is 6. The van der Waals surface area contributed by atoms with Gasteiger partial charge >= 0.3 is 5.97 Å². The molecule has 1 N–H and O–H groups in total. The first-order valence-corrected chi connectivity index (χ1v) is 8.74. The molecule has 0 aliphatic carbocycles. The van der Waals surface area contributed by atoms with Crippen molar-refractivity contribution in [2.75, 3.05) is 0 Å². The van der Waals surface area contributed by atoms with Gasteiger partial charge in [0.05, 0.1) is 12.0 Å². The first kappa shape index (κ1) is 17.5. The Balaban J connectivity index is 1.46. The molecule has 2 aromatic rings. The molecule has 1 aliphatic heterocycles. The number of hydrogen-bond acceptors (Lipinski definition) is 4. The van der Waals surface area contributed by atoms with Gasteiger partial charge in [0.25, 0.3) is 0 Å². The van der Waals surface area contributed by atoms with Gasteiger partial charge in [-0.2, -0.15) is 0 Å². The Morgan fingerprint density at radius 3 is 2.48 bits per heavy atom. The minimum Gasteiger partial charge on any atom is -0.462 e. The molecule has 0 saturated carbocycles. The highest BCUT2D eigenvalue weighted by Crippen LogP contribution is 2.28. The van der Waals surface area contributed by atoms with Crippen molar-refractivity contribution in [3.8, 4) is 11.5 Å². The Bertz CT molecular complexity index is 692. The van der Waals surface area contributed by atoms with Crippen molar-refractivity contribution in [1.82, 2.24) is 0 Å². The van der Waals surface area contributed by atoms with Crippen molar-refractivity contribution in [1.29, 1.82) is 0 Å². The molecule has 0 amide bonds. The standard InChI is InChI=1S/C21H24O4/c1-21(23)14-19(25-20(22)15-21)9-5-6-16-10-12-18(13-11-16)24-17-7-3-2-4-8-17/h2-4,7-8,10-13,19,23H,5-6,9,14-15H2,1H3. The van der Waals surface area contributed by atoms with Gasteiger partial charge in [-0.1, -0.05) is 30.3 Å². The molecule has 2 aromatic carbocycles. The van der Waals surface area contributed by atoms with Crippen molar-refractivity contribution in [2.24, 2.45) is 0 Å². The van der Waals surface area contributed by atoms with Gasteiger partial charge in [0.1, 0.15) is 17.6 Å². The molecule has 0 aromatic heterocycles. The second-order valence-corrected chi connectivity index (χ2v) is 6.94. The van der Waals surface area contributed by atoms with Crippen LogP contribution in [0.1, 0.15) is 38.2 Å². The van der Waals surface area contributed by atoms with E-state index in [1.54, 1.807) is 6.92 Å². The van der Waals surface area contributed by atoms with Crippen LogP contribution in [0.2, 0.25) is 0 Å². The van der Waals surface area contributed by atoms with Gasteiger partial charge in [-0.3, -0.25) is 4.79 Å². The van der Waals surface area contributed by atoms with Crippen LogP contribution in [0, 0.1) is 0 Å². The van der Waals surface area contributed by atoms with Gasteiger partial charge < -0.3 is 14.6 Å². The summed E-state index contributed by atoms with van der Waals surface area (Å²) in [4.78, 5) is 11.5. The van der Waals surface area contributed by atoms with Crippen LogP contribution in [-0.2, 0) is 16.0 Å². The summed E-state index contributed by atoms with van der Waals surface area (Å²) in [6.45, 7) is 1.70. The number of cyclic esters (lactones) is 1. The van der Waals surface area contributed by atoms with Gasteiger partial charge in [0.2, 0.25) is 0 Å². The van der Waals surface area contributed by atoms with E-state index >= 15 is 0 Å². The molecular weight excluding hydrogens is 316 g/mol. The molecule has 1 saturated heterocycles. The Morgan fingerprint density at radius 1 is 1.12 bits per heavy atom. The van der Waals surface area contributed by atoms with E-state index in [1.165, 1.54) is 5.56 Å². The second-order valence-electron chi connectivity index (χ2n) is 6.94. The maximum Gasteiger partial charge on any atom is 0.308 e. The highest BCUT2D eigenvalue weighted by Gasteiger charge is 2.35. The molecular formula is C21H24O4. The number of carbonyl (C=O) groups is 1. The third-order valence-electron chi connectivity index (χ3n) is 4.38. The van der Waals surface area contributed by atoms with Crippen LogP contribution in [0.4, 0.5) is 0 Å². The summed E-state index contributed by atoms with van der Waals surface area (Å²) in [6.07, 6.45) is 3.00. The molecule has 1 aliphatic rings. The van der Waals surface area contributed by atoms with Crippen LogP contribution in [-0.4, -0.2) is 22.8 Å². The Kier molecular flexibility index (Phi) is 5.39. The summed E-state index contributed by atoms with van der Waals surface area (Å²) in [5.74, 6) is 1.33. The fraction of sp³-hybridized carbons (Fsp3) is 0.381. The first-order valence-electron chi connectivity index (χ1n) is 8.74. The maximum atomic E-state index is 11.5. The lowest BCUT2D eigenvalue weighted by Crippen LogP contribution is -2.40. The molecule has 4 heteroatoms. The predicted molar refractivity (Wildman–Crippen MR) is 95.6 cm³/mol. The smallest absolute Gasteiger partial charge is 0.308 e. The summed E-state index contributed by atoms with van der Waals surface area (Å²) in [7, 11) is 0. The zero-order valence-electron chi connectivity index (χ0n) is 14.5. The number of ether oxygens (including phenoxy) is 2. The lowest BCUT2D eigenvalue weighted by Gasteiger charge is -2.33. The van der Waals surface area contributed by atoms with E-state index in [9.17, 15) is 9.90 Å². The minimum atomic E-state index is -0.934. The molecule has 1 fully saturated rings. The number of hydrogen-bond donors (Lipinski definition) is 1. The fourth-order valence-corrected chi connectivity index (χ4v) is 3.19. The Labute approximate surface area is 148 Å². The summed E-state index contributed by atoms with van der Waals surface area (Å²) >= 11 is 0. The molecule has 25 heavy (non-hydrogen) atoms. The summed E-state index contributed by atoms with van der Waals surface area (Å²) < 4.78 is 11.1. The van der Waals surface area contributed by atoms with Crippen LogP contribution in [0.15, 0.2) is 54.6 Å². The average molecular weight is 340 g/mol. The van der Waals surface area contributed by atoms with Gasteiger partial charge in [-0.05, 0) is 56.0 Å². The van der Waals surface area contributed by atoms with Crippen LogP contribution in [0.5, 0.6) is 11.5 Å². The monoisotopic (exact) mass is 340 g/mol. The van der Waals surface area contributed by atoms with E-state index in [2.05, 4.69) is 12.1 Å². The Hall–Kier alpha value is -2.33. The van der Waals surface area contributed by atoms with E-state index in [0.29, 0.717) is 6.42 Å². The molecule has 4 nitrogen and oxygen atoms in total. The predicted octanol–water partition coefficient (Wildman–Crippen LogP) is 4.26. The van der Waals surface area contributed by atoms with Gasteiger partial charge in [0, 0.05) is 6.42 Å². The quantitative estimate of drug-likeness (QED) is 0.798. The lowest BCUT2D eigenvalue weighted by molar-refractivity contribution is -0.168. The number of esters is 1. The third kappa shape index (κ3) is 5.33. The minimum absolute atomic E-state index is 0.0897. The molecule has 2 atom stereocenters. The average Bonchev–Trinajstić information content (AvgIpc) is 2.56. The highest BCUT2D eigenvalue weighted by molar-refractivity contribution is 5.71. The number of para-hydroxylation sites is 1. The number of aryl methyl sites for hydroxylation is 1. The molecule has 132 valence electrons. The van der Waals surface area contributed by atoms with E-state index in [0.717, 1.165) is 30.8 Å². The summed E-state index contributed by atoms with van der Waals surface area (Å²) in [5, 5.41) is 10.1. The molecule has 2 unspecified atom stereocenters. The van der Waals surface area contributed by atoms with E-state index < -0.39 is 5.60 Å². The Morgan fingerprint density at radius 2 is 1.80 bits per heavy atom. The van der Waals surface area contributed by atoms with Gasteiger partial charge in [-0.25, -0.2) is 0 Å². The molecule has 3 rings (SSSR count). The molecule has 1 heterocycles. The van der Waals surface area contributed by atoms with Crippen molar-refractivity contribution < 1.29 is 19.4 Å². The van der Waals surface area contributed by atoms with Crippen LogP contribution in [0.25, 0.3) is 0 Å². The SMILES string of the molecule is CC1(O)CC(=O)OC(CCCc2ccc(Oc3ccccc3)cc2)C1. The van der Waals surface area contributed by atoms with Crippen molar-refractivity contribution in [2.45, 2.75) is 50.7 Å². The van der Waals surface area contributed by atoms with Gasteiger partial charge in [-0.15, -0.1) is 0 Å². The zero-order valence-corrected chi connectivity index (χ0v) is 14.5. The van der Waals surface area contributed by atoms with E-state index in [1.807, 2.05) is 42.5 Å². The van der Waals surface area contributed by atoms with Crippen LogP contribution >= 0.6 is 0 Å². The lowest BCUT2D eigenvalue weighted by atomic mass is 9.90. The molecule has 0 spiro atoms. The van der Waals surface area contributed by atoms with Crippen molar-refractivity contribution in [3.05, 3.63) is 60.2 Å². The highest BCUT2D eigenvalue weighted by atomic mass is 16.5. The third-order valence-corrected chi connectivity index (χ3v) is 4.38. The van der Waals surface area contributed by atoms with Crippen molar-refractivity contribution >= 4 is 5.97 Å². The van der Waals surface area contributed by atoms with Crippen molar-refractivity contribution in [3.63, 3.8) is 0 Å². The van der Waals surface area contributed by atoms with Gasteiger partial charge in [0.15, 0.2) is 0 Å². The fourth-order valence-electron chi connectivity index (χ4n) is 3.19. The number of carbonyl (C=O) groups excluding carboxylic acids is 1. The van der Waals surface area contributed by atoms with E-state index in [-0.39, 0.29) is 18.5 Å². The maximum absolute atomic E-state index is 11.5. The normalized spacial score (nSPS) is 23.1. The molecule has 0 bridgehead atoms. The van der Waals surface area contributed by atoms with Crippen LogP contribution < -0.4 is 4.74 Å². The topological polar surface area (TPSA) is 55.8 Å². The molecule has 0 radical (unpaired) electrons. The van der Waals surface area contributed by atoms with E-state index in [4.69, 9.17) is 9.47 Å². The number of benzene rings is 2. The van der Waals surface area contributed by atoms with Crippen LogP contribution in [0.3, 0.4) is 0 Å². The largest absolute Gasteiger partial charge is 0.462 e. The first-order chi connectivity index (χ1) is 12.0. The zero-order chi connectivity index (χ0) is 17.7. The second kappa shape index (κ2) is 7.70. The number of aliphatic hydroxyl groups is 1. The summed E-state index contributed by atoms with van der Waals surface area (Å²) in [6, 6.07) is 17.7.